The molecule has 0 aromatic carbocycles. The van der Waals surface area contributed by atoms with E-state index in [1.165, 1.54) is 28.0 Å². The van der Waals surface area contributed by atoms with Crippen molar-refractivity contribution < 1.29 is 54.2 Å². The van der Waals surface area contributed by atoms with Crippen LogP contribution in [-0.4, -0.2) is 69.3 Å². The van der Waals surface area contributed by atoms with Crippen molar-refractivity contribution >= 4 is 46.0 Å². The molecule has 0 unspecified atom stereocenters. The summed E-state index contributed by atoms with van der Waals surface area (Å²) < 4.78 is 0. The molecule has 3 aliphatic heterocycles. The Morgan fingerprint density at radius 3 is 2.62 bits per heavy atom. The van der Waals surface area contributed by atoms with E-state index < -0.39 is 18.0 Å². The van der Waals surface area contributed by atoms with Crippen LogP contribution in [0.2, 0.25) is 0 Å². The predicted molar refractivity (Wildman–Crippen MR) is 122 cm³/mol. The summed E-state index contributed by atoms with van der Waals surface area (Å²) in [6.07, 6.45) is 3.54. The number of amides is 2. The number of carboxylic acids is 1. The molecule has 1 aromatic rings. The van der Waals surface area contributed by atoms with Crippen LogP contribution in [0.4, 0.5) is 5.13 Å². The van der Waals surface area contributed by atoms with E-state index in [1.807, 2.05) is 6.92 Å². The summed E-state index contributed by atoms with van der Waals surface area (Å²) in [5, 5.41) is 27.6. The minimum absolute atomic E-state index is 0. The maximum Gasteiger partial charge on any atom is 1.00 e. The van der Waals surface area contributed by atoms with Gasteiger partial charge in [0.25, 0.3) is 5.91 Å². The van der Waals surface area contributed by atoms with E-state index in [0.29, 0.717) is 23.7 Å². The Labute approximate surface area is 228 Å². The quantitative estimate of drug-likeness (QED) is 0.304. The van der Waals surface area contributed by atoms with Crippen molar-refractivity contribution in [3.8, 4) is 0 Å². The SMILES string of the molecule is C[C@@H](O)[C@H]1C(=O)N2C(C(=O)[O-])=C(SC3CN(c4nc(C(=O)NC5CCCC5)cs4)C3)[C@H](C)[C@H]12.[Na+]. The first-order valence-electron chi connectivity index (χ1n) is 11.4. The number of carbonyl (C=O) groups is 3. The number of anilines is 1. The number of nitrogens with one attached hydrogen (secondary N) is 1. The smallest absolute Gasteiger partial charge is 0.543 e. The van der Waals surface area contributed by atoms with Gasteiger partial charge in [0.15, 0.2) is 5.13 Å². The molecule has 0 bridgehead atoms. The van der Waals surface area contributed by atoms with Crippen LogP contribution in [0.15, 0.2) is 16.0 Å². The molecule has 1 aromatic heterocycles. The summed E-state index contributed by atoms with van der Waals surface area (Å²) in [5.74, 6) is -2.56. The average molecular weight is 515 g/mol. The fourth-order valence-corrected chi connectivity index (χ4v) is 7.70. The van der Waals surface area contributed by atoms with E-state index in [0.717, 1.165) is 30.8 Å². The number of hydrogen-bond donors (Lipinski definition) is 2. The Morgan fingerprint density at radius 2 is 2.00 bits per heavy atom. The molecule has 2 N–H and O–H groups in total. The first-order chi connectivity index (χ1) is 15.8. The van der Waals surface area contributed by atoms with Crippen LogP contribution in [0.5, 0.6) is 0 Å². The van der Waals surface area contributed by atoms with Crippen LogP contribution in [0.3, 0.4) is 0 Å². The normalized spacial score (nSPS) is 27.7. The Balaban J connectivity index is 0.00000274. The number of nitrogens with zero attached hydrogens (tertiary/aromatic N) is 3. The molecule has 2 saturated heterocycles. The molecule has 1 aliphatic carbocycles. The molecular weight excluding hydrogens is 487 g/mol. The van der Waals surface area contributed by atoms with Crippen molar-refractivity contribution in [1.82, 2.24) is 15.2 Å². The molecule has 2 amide bonds. The number of aromatic nitrogens is 1. The van der Waals surface area contributed by atoms with Crippen molar-refractivity contribution in [3.05, 3.63) is 21.7 Å². The van der Waals surface area contributed by atoms with Crippen molar-refractivity contribution in [1.29, 1.82) is 0 Å². The third-order valence-corrected chi connectivity index (χ3v) is 9.48. The molecule has 9 nitrogen and oxygen atoms in total. The number of aliphatic hydroxyl groups excluding tert-OH is 1. The number of thioether (sulfide) groups is 1. The maximum absolute atomic E-state index is 12.4. The number of fused-ring (bicyclic) bond motifs is 1. The van der Waals surface area contributed by atoms with Crippen LogP contribution in [-0.2, 0) is 9.59 Å². The third-order valence-electron chi connectivity index (χ3n) is 7.13. The fourth-order valence-electron chi connectivity index (χ4n) is 5.36. The van der Waals surface area contributed by atoms with E-state index in [2.05, 4.69) is 15.2 Å². The zero-order valence-corrected chi connectivity index (χ0v) is 23.2. The van der Waals surface area contributed by atoms with Crippen LogP contribution in [0, 0.1) is 11.8 Å². The Kier molecular flexibility index (Phi) is 7.71. The molecule has 34 heavy (non-hydrogen) atoms. The summed E-state index contributed by atoms with van der Waals surface area (Å²) in [6, 6.07) is -0.0812. The second-order valence-corrected chi connectivity index (χ2v) is 11.5. The molecule has 4 heterocycles. The van der Waals surface area contributed by atoms with E-state index in [-0.39, 0.29) is 70.3 Å². The van der Waals surface area contributed by atoms with Crippen LogP contribution in [0.1, 0.15) is 50.0 Å². The molecule has 12 heteroatoms. The van der Waals surface area contributed by atoms with Crippen LogP contribution < -0.4 is 44.9 Å². The molecule has 3 fully saturated rings. The van der Waals surface area contributed by atoms with E-state index in [9.17, 15) is 24.6 Å². The van der Waals surface area contributed by atoms with Gasteiger partial charge in [-0.2, -0.15) is 0 Å². The summed E-state index contributed by atoms with van der Waals surface area (Å²) in [6.45, 7) is 4.83. The minimum Gasteiger partial charge on any atom is -0.543 e. The monoisotopic (exact) mass is 514 g/mol. The summed E-state index contributed by atoms with van der Waals surface area (Å²) >= 11 is 2.91. The maximum atomic E-state index is 12.4. The Bertz CT molecular complexity index is 1020. The van der Waals surface area contributed by atoms with Gasteiger partial charge in [-0.15, -0.1) is 23.1 Å². The second kappa shape index (κ2) is 10.1. The van der Waals surface area contributed by atoms with Gasteiger partial charge in [0.05, 0.1) is 29.7 Å². The van der Waals surface area contributed by atoms with Gasteiger partial charge in [0, 0.05) is 40.6 Å². The van der Waals surface area contributed by atoms with E-state index in [4.69, 9.17) is 0 Å². The van der Waals surface area contributed by atoms with Gasteiger partial charge in [-0.25, -0.2) is 4.98 Å². The topological polar surface area (TPSA) is 126 Å². The third kappa shape index (κ3) is 4.43. The van der Waals surface area contributed by atoms with Crippen molar-refractivity contribution in [2.75, 3.05) is 18.0 Å². The first-order valence-corrected chi connectivity index (χ1v) is 13.2. The largest absolute Gasteiger partial charge is 1.00 e. The van der Waals surface area contributed by atoms with Gasteiger partial charge in [-0.05, 0) is 19.8 Å². The van der Waals surface area contributed by atoms with Gasteiger partial charge in [-0.3, -0.25) is 9.59 Å². The molecule has 4 atom stereocenters. The number of carbonyl (C=O) groups excluding carboxylic acids is 3. The number of hydrogen-bond acceptors (Lipinski definition) is 9. The molecule has 1 saturated carbocycles. The van der Waals surface area contributed by atoms with Gasteiger partial charge >= 0.3 is 29.6 Å². The van der Waals surface area contributed by atoms with E-state index in [1.54, 1.807) is 12.3 Å². The first kappa shape index (κ1) is 26.0. The van der Waals surface area contributed by atoms with Crippen LogP contribution >= 0.6 is 23.1 Å². The molecule has 178 valence electrons. The Morgan fingerprint density at radius 1 is 1.32 bits per heavy atom. The predicted octanol–water partition coefficient (Wildman–Crippen LogP) is -2.44. The molecule has 0 radical (unpaired) electrons. The van der Waals surface area contributed by atoms with Crippen molar-refractivity contribution in [2.45, 2.75) is 63.0 Å². The van der Waals surface area contributed by atoms with Gasteiger partial charge < -0.3 is 30.1 Å². The zero-order valence-electron chi connectivity index (χ0n) is 19.5. The zero-order chi connectivity index (χ0) is 23.4. The molecule has 0 spiro atoms. The van der Waals surface area contributed by atoms with Gasteiger partial charge in [-0.1, -0.05) is 19.8 Å². The minimum atomic E-state index is -1.35. The second-order valence-electron chi connectivity index (χ2n) is 9.37. The number of aliphatic carboxylic acids is 1. The molecule has 5 rings (SSSR count). The van der Waals surface area contributed by atoms with Gasteiger partial charge in [0.1, 0.15) is 5.69 Å². The number of β-lactam (4-membered cyclic amide) rings is 1. The fraction of sp³-hybridized carbons (Fsp3) is 0.636. The Hall–Kier alpha value is -1.11. The van der Waals surface area contributed by atoms with Crippen LogP contribution in [0.25, 0.3) is 0 Å². The standard InChI is InChI=1S/C22H28N4O5S2.Na/c1-10-16-15(11(2)27)20(29)26(16)17(21(30)31)18(10)33-13-7-25(8-13)22-24-14(9-32-22)19(28)23-12-5-3-4-6-12;/h9-13,15-16,27H,3-8H2,1-2H3,(H,23,28)(H,30,31);/q;+1/p-1/t10-,11-,15-,16-;/m1./s1. The molecular formula is C22H27N4NaO5S2. The van der Waals surface area contributed by atoms with Crippen molar-refractivity contribution in [2.24, 2.45) is 11.8 Å². The average Bonchev–Trinajstić information content (AvgIpc) is 3.44. The molecule has 4 aliphatic rings. The summed E-state index contributed by atoms with van der Waals surface area (Å²) in [7, 11) is 0. The number of aliphatic hydroxyl groups is 1. The number of carboxylic acid groups (broad SMARTS) is 1. The van der Waals surface area contributed by atoms with Crippen molar-refractivity contribution in [3.63, 3.8) is 0 Å². The summed E-state index contributed by atoms with van der Waals surface area (Å²) in [5.41, 5.74) is 0.398. The summed E-state index contributed by atoms with van der Waals surface area (Å²) in [4.78, 5) is 45.2. The number of rotatable bonds is 7. The number of thiazole rings is 1. The van der Waals surface area contributed by atoms with E-state index >= 15 is 0 Å². The van der Waals surface area contributed by atoms with Gasteiger partial charge in [0.2, 0.25) is 5.91 Å².